The lowest BCUT2D eigenvalue weighted by molar-refractivity contribution is -0.151. The molecule has 0 aromatic carbocycles. The number of sulfone groups is 1. The summed E-state index contributed by atoms with van der Waals surface area (Å²) in [5, 5.41) is 3.40. The Kier molecular flexibility index (Phi) is 8.46. The van der Waals surface area contributed by atoms with Gasteiger partial charge in [-0.3, -0.25) is 4.79 Å². The Morgan fingerprint density at radius 3 is 2.41 bits per heavy atom. The maximum atomic E-state index is 12.4. The number of nitrogens with zero attached hydrogens (tertiary/aromatic N) is 3. The van der Waals surface area contributed by atoms with Crippen LogP contribution in [0.15, 0.2) is 48.8 Å². The third-order valence-electron chi connectivity index (χ3n) is 8.14. The van der Waals surface area contributed by atoms with Gasteiger partial charge in [-0.1, -0.05) is 53.7 Å². The van der Waals surface area contributed by atoms with Crippen molar-refractivity contribution in [1.29, 1.82) is 0 Å². The summed E-state index contributed by atoms with van der Waals surface area (Å²) in [6, 6.07) is 6.00. The molecule has 2 atom stereocenters. The van der Waals surface area contributed by atoms with Crippen molar-refractivity contribution < 1.29 is 22.4 Å². The maximum Gasteiger partial charge on any atom is 0.249 e. The van der Waals surface area contributed by atoms with Gasteiger partial charge in [-0.25, -0.2) is 13.4 Å². The van der Waals surface area contributed by atoms with E-state index < -0.39 is 29.8 Å². The fourth-order valence-electron chi connectivity index (χ4n) is 6.42. The minimum atomic E-state index is -3.38. The SMILES string of the molecule is CC(C)[Si](OCn1ccc2nc(C3(C4CN(CS(C)(=O)=O)C(=O)CO4)C=CC=CN3)ccc21)(C(C)C)C(C)C. The summed E-state index contributed by atoms with van der Waals surface area (Å²) in [4.78, 5) is 18.8. The van der Waals surface area contributed by atoms with Crippen LogP contribution in [0.25, 0.3) is 11.0 Å². The minimum Gasteiger partial charge on any atom is -0.398 e. The predicted octanol–water partition coefficient (Wildman–Crippen LogP) is 4.28. The number of amides is 1. The summed E-state index contributed by atoms with van der Waals surface area (Å²) in [7, 11) is -5.42. The van der Waals surface area contributed by atoms with Crippen LogP contribution in [0.1, 0.15) is 47.2 Å². The Labute approximate surface area is 233 Å². The molecule has 1 N–H and O–H groups in total. The molecule has 2 aromatic heterocycles. The number of carbonyl (C=O) groups is 1. The number of ether oxygens (including phenoxy) is 1. The molecule has 39 heavy (non-hydrogen) atoms. The fraction of sp³-hybridized carbons (Fsp3) is 0.571. The summed E-state index contributed by atoms with van der Waals surface area (Å²) < 4.78 is 38.8. The topological polar surface area (TPSA) is 103 Å². The van der Waals surface area contributed by atoms with E-state index in [9.17, 15) is 13.2 Å². The van der Waals surface area contributed by atoms with Gasteiger partial charge in [0, 0.05) is 12.5 Å². The first-order valence-corrected chi connectivity index (χ1v) is 17.8. The first-order chi connectivity index (χ1) is 18.3. The molecule has 4 heterocycles. The molecule has 0 spiro atoms. The Morgan fingerprint density at radius 2 is 1.82 bits per heavy atom. The molecule has 1 fully saturated rings. The highest BCUT2D eigenvalue weighted by Gasteiger charge is 2.46. The maximum absolute atomic E-state index is 12.4. The summed E-state index contributed by atoms with van der Waals surface area (Å²) >= 11 is 0. The monoisotopic (exact) mass is 574 g/mol. The molecule has 2 aliphatic heterocycles. The highest BCUT2D eigenvalue weighted by atomic mass is 32.2. The van der Waals surface area contributed by atoms with Crippen LogP contribution < -0.4 is 5.32 Å². The number of nitrogens with one attached hydrogen (secondary N) is 1. The van der Waals surface area contributed by atoms with Crippen LogP contribution in [0, 0.1) is 0 Å². The largest absolute Gasteiger partial charge is 0.398 e. The molecule has 0 radical (unpaired) electrons. The Morgan fingerprint density at radius 1 is 1.13 bits per heavy atom. The second kappa shape index (κ2) is 11.2. The van der Waals surface area contributed by atoms with E-state index in [1.54, 1.807) is 0 Å². The van der Waals surface area contributed by atoms with E-state index in [-0.39, 0.29) is 24.9 Å². The van der Waals surface area contributed by atoms with E-state index in [2.05, 4.69) is 51.4 Å². The summed E-state index contributed by atoms with van der Waals surface area (Å²) in [6.45, 7) is 14.1. The first kappa shape index (κ1) is 29.5. The van der Waals surface area contributed by atoms with E-state index in [0.29, 0.717) is 23.4 Å². The zero-order chi connectivity index (χ0) is 28.6. The van der Waals surface area contributed by atoms with Crippen molar-refractivity contribution in [3.63, 3.8) is 0 Å². The van der Waals surface area contributed by atoms with Crippen LogP contribution in [0.4, 0.5) is 0 Å². The summed E-state index contributed by atoms with van der Waals surface area (Å²) in [5.41, 5.74) is 3.13. The van der Waals surface area contributed by atoms with Gasteiger partial charge in [0.1, 0.15) is 30.9 Å². The van der Waals surface area contributed by atoms with Gasteiger partial charge in [0.25, 0.3) is 0 Å². The van der Waals surface area contributed by atoms with E-state index in [4.69, 9.17) is 14.1 Å². The van der Waals surface area contributed by atoms with Crippen molar-refractivity contribution in [3.8, 4) is 0 Å². The first-order valence-electron chi connectivity index (χ1n) is 13.6. The quantitative estimate of drug-likeness (QED) is 0.423. The third kappa shape index (κ3) is 5.72. The molecule has 11 heteroatoms. The third-order valence-corrected chi connectivity index (χ3v) is 15.0. The molecule has 2 aliphatic rings. The van der Waals surface area contributed by atoms with Gasteiger partial charge < -0.3 is 23.9 Å². The summed E-state index contributed by atoms with van der Waals surface area (Å²) in [6.07, 6.45) is 10.2. The predicted molar refractivity (Wildman–Crippen MR) is 156 cm³/mol. The second-order valence-electron chi connectivity index (χ2n) is 11.7. The number of aromatic nitrogens is 2. The van der Waals surface area contributed by atoms with Crippen molar-refractivity contribution in [2.75, 3.05) is 25.3 Å². The molecule has 4 rings (SSSR count). The molecule has 1 amide bonds. The lowest BCUT2D eigenvalue weighted by Gasteiger charge is -2.43. The van der Waals surface area contributed by atoms with Crippen molar-refractivity contribution in [3.05, 3.63) is 54.5 Å². The molecule has 1 saturated heterocycles. The van der Waals surface area contributed by atoms with Gasteiger partial charge in [0.15, 0.2) is 9.84 Å². The van der Waals surface area contributed by atoms with Gasteiger partial charge in [0.2, 0.25) is 14.2 Å². The standard InChI is InChI=1S/C28H42N4O5SSi/c1-20(2)39(21(3)4,22(5)6)37-18-31-15-12-23-24(31)10-11-25(30-23)28(13-8-9-14-29-28)26-16-32(19-38(7,34)35)27(33)17-36-26/h8-15,20-22,26,29H,16-19H2,1-7H3. The number of carbonyl (C=O) groups excluding carboxylic acids is 1. The van der Waals surface area contributed by atoms with E-state index in [1.807, 2.05) is 48.8 Å². The van der Waals surface area contributed by atoms with Gasteiger partial charge >= 0.3 is 0 Å². The molecular formula is C28H42N4O5SSi. The van der Waals surface area contributed by atoms with Gasteiger partial charge in [0.05, 0.1) is 23.3 Å². The molecule has 0 aliphatic carbocycles. The lowest BCUT2D eigenvalue weighted by atomic mass is 9.85. The average molecular weight is 575 g/mol. The van der Waals surface area contributed by atoms with E-state index >= 15 is 0 Å². The highest BCUT2D eigenvalue weighted by molar-refractivity contribution is 7.90. The number of pyridine rings is 1. The number of hydrogen-bond donors (Lipinski definition) is 1. The molecule has 2 aromatic rings. The number of hydrogen-bond acceptors (Lipinski definition) is 7. The molecule has 214 valence electrons. The van der Waals surface area contributed by atoms with Crippen molar-refractivity contribution >= 4 is 35.1 Å². The smallest absolute Gasteiger partial charge is 0.249 e. The zero-order valence-corrected chi connectivity index (χ0v) is 25.9. The van der Waals surface area contributed by atoms with Crippen molar-refractivity contribution in [2.24, 2.45) is 0 Å². The van der Waals surface area contributed by atoms with Crippen LogP contribution in [0.3, 0.4) is 0 Å². The van der Waals surface area contributed by atoms with Crippen LogP contribution in [-0.4, -0.2) is 68.5 Å². The van der Waals surface area contributed by atoms with Crippen molar-refractivity contribution in [1.82, 2.24) is 19.8 Å². The van der Waals surface area contributed by atoms with E-state index in [0.717, 1.165) is 23.0 Å². The van der Waals surface area contributed by atoms with Crippen LogP contribution in [0.5, 0.6) is 0 Å². The van der Waals surface area contributed by atoms with Gasteiger partial charge in [-0.15, -0.1) is 0 Å². The van der Waals surface area contributed by atoms with E-state index in [1.165, 1.54) is 4.90 Å². The molecule has 2 unspecified atom stereocenters. The Hall–Kier alpha value is -2.47. The Bertz CT molecular complexity index is 1350. The molecule has 9 nitrogen and oxygen atoms in total. The van der Waals surface area contributed by atoms with Crippen molar-refractivity contribution in [2.45, 2.75) is 76.5 Å². The normalized spacial score (nSPS) is 22.5. The zero-order valence-electron chi connectivity index (χ0n) is 24.0. The second-order valence-corrected chi connectivity index (χ2v) is 19.2. The van der Waals surface area contributed by atoms with Gasteiger partial charge in [-0.2, -0.15) is 0 Å². The number of allylic oxidation sites excluding steroid dienone is 2. The molecular weight excluding hydrogens is 532 g/mol. The van der Waals surface area contributed by atoms with Crippen LogP contribution in [-0.2, 0) is 36.1 Å². The molecule has 0 saturated carbocycles. The summed E-state index contributed by atoms with van der Waals surface area (Å²) in [5.74, 6) is -0.684. The average Bonchev–Trinajstić information content (AvgIpc) is 3.27. The fourth-order valence-corrected chi connectivity index (χ4v) is 12.6. The minimum absolute atomic E-state index is 0.123. The molecule has 0 bridgehead atoms. The van der Waals surface area contributed by atoms with Crippen LogP contribution >= 0.6 is 0 Å². The highest BCUT2D eigenvalue weighted by Crippen LogP contribution is 2.42. The lowest BCUT2D eigenvalue weighted by Crippen LogP contribution is -2.60. The number of rotatable bonds is 10. The number of morpholine rings is 1. The number of fused-ring (bicyclic) bond motifs is 1. The van der Waals surface area contributed by atoms with Crippen LogP contribution in [0.2, 0.25) is 16.6 Å². The Balaban J connectivity index is 1.65. The van der Waals surface area contributed by atoms with Gasteiger partial charge in [-0.05, 0) is 47.1 Å². The number of dihydropyridines is 1.